The molecule has 0 N–H and O–H groups in total. The summed E-state index contributed by atoms with van der Waals surface area (Å²) in [6.07, 6.45) is 5.53. The van der Waals surface area contributed by atoms with Crippen LogP contribution in [0, 0.1) is 6.92 Å². The van der Waals surface area contributed by atoms with Crippen molar-refractivity contribution in [3.05, 3.63) is 64.1 Å². The van der Waals surface area contributed by atoms with Crippen LogP contribution in [0.2, 0.25) is 0 Å². The Labute approximate surface area is 177 Å². The number of hydrogen-bond acceptors (Lipinski definition) is 4. The van der Waals surface area contributed by atoms with Crippen LogP contribution in [0.3, 0.4) is 0 Å². The van der Waals surface area contributed by atoms with Gasteiger partial charge in [0, 0.05) is 25.8 Å². The predicted molar refractivity (Wildman–Crippen MR) is 124 cm³/mol. The van der Waals surface area contributed by atoms with Gasteiger partial charge in [0.1, 0.15) is 0 Å². The van der Waals surface area contributed by atoms with Crippen LogP contribution < -0.4 is 4.90 Å². The fourth-order valence-corrected chi connectivity index (χ4v) is 4.79. The molecule has 2 fully saturated rings. The smallest absolute Gasteiger partial charge is 0.266 e. The minimum absolute atomic E-state index is 0.000186. The second-order valence-electron chi connectivity index (χ2n) is 7.63. The zero-order chi connectivity index (χ0) is 20.4. The van der Waals surface area contributed by atoms with Gasteiger partial charge >= 0.3 is 0 Å². The first kappa shape index (κ1) is 19.8. The highest BCUT2D eigenvalue weighted by Crippen LogP contribution is 2.34. The van der Waals surface area contributed by atoms with Gasteiger partial charge in [0.05, 0.1) is 10.6 Å². The second-order valence-corrected chi connectivity index (χ2v) is 8.64. The van der Waals surface area contributed by atoms with E-state index in [9.17, 15) is 4.79 Å². The second kappa shape index (κ2) is 8.46. The van der Waals surface area contributed by atoms with Crippen LogP contribution in [0.25, 0.3) is 6.08 Å². The Morgan fingerprint density at radius 2 is 1.83 bits per heavy atom. The van der Waals surface area contributed by atoms with Crippen molar-refractivity contribution in [2.75, 3.05) is 25.0 Å². The van der Waals surface area contributed by atoms with Gasteiger partial charge in [0.2, 0.25) is 0 Å². The van der Waals surface area contributed by atoms with E-state index in [2.05, 4.69) is 54.1 Å². The summed E-state index contributed by atoms with van der Waals surface area (Å²) in [4.78, 5) is 22.2. The molecule has 4 rings (SSSR count). The lowest BCUT2D eigenvalue weighted by atomic mass is 10.1. The van der Waals surface area contributed by atoms with Gasteiger partial charge < -0.3 is 4.90 Å². The number of carbonyl (C=O) groups excluding carboxylic acids is 1. The predicted octanol–water partition coefficient (Wildman–Crippen LogP) is 5.39. The van der Waals surface area contributed by atoms with E-state index in [4.69, 9.17) is 0 Å². The van der Waals surface area contributed by atoms with Crippen molar-refractivity contribution in [3.63, 3.8) is 0 Å². The van der Waals surface area contributed by atoms with Gasteiger partial charge in [-0.3, -0.25) is 9.69 Å². The summed E-state index contributed by atoms with van der Waals surface area (Å²) in [6, 6.07) is 14.7. The average Bonchev–Trinajstić information content (AvgIpc) is 3.34. The van der Waals surface area contributed by atoms with Gasteiger partial charge in [-0.15, -0.1) is 0 Å². The van der Waals surface area contributed by atoms with Gasteiger partial charge in [-0.25, -0.2) is 4.99 Å². The van der Waals surface area contributed by atoms with E-state index >= 15 is 0 Å². The first-order valence-electron chi connectivity index (χ1n) is 10.3. The number of thioether (sulfide) groups is 1. The van der Waals surface area contributed by atoms with Crippen LogP contribution in [0.15, 0.2) is 52.4 Å². The molecule has 0 aliphatic carbocycles. The summed E-state index contributed by atoms with van der Waals surface area (Å²) in [5.74, 6) is 0.000186. The van der Waals surface area contributed by atoms with E-state index in [0.717, 1.165) is 35.9 Å². The quantitative estimate of drug-likeness (QED) is 0.640. The molecule has 29 heavy (non-hydrogen) atoms. The highest BCUT2D eigenvalue weighted by molar-refractivity contribution is 8.18. The number of benzene rings is 2. The summed E-state index contributed by atoms with van der Waals surface area (Å²) in [6.45, 7) is 6.56. The van der Waals surface area contributed by atoms with Crippen molar-refractivity contribution in [3.8, 4) is 0 Å². The molecule has 0 atom stereocenters. The summed E-state index contributed by atoms with van der Waals surface area (Å²) in [5, 5.41) is 0.718. The fraction of sp³-hybridized carbons (Fsp3) is 0.333. The molecular weight excluding hydrogens is 378 g/mol. The Morgan fingerprint density at radius 3 is 2.48 bits per heavy atom. The molecule has 2 aliphatic heterocycles. The standard InChI is InChI=1S/C24H27N3OS/c1-4-18-7-10-20(11-8-18)25-24-26(3)23(28)22(29-24)16-19-9-12-21(17(2)15-19)27-13-5-6-14-27/h7-12,15-16H,4-6,13-14H2,1-3H3/b22-16+,25-24?. The molecule has 2 aromatic rings. The number of anilines is 1. The molecule has 2 aliphatic rings. The molecule has 1 amide bonds. The number of aliphatic imine (C=N–C) groups is 1. The van der Waals surface area contributed by atoms with Gasteiger partial charge in [-0.05, 0) is 85.0 Å². The fourth-order valence-electron chi connectivity index (χ4n) is 3.80. The highest BCUT2D eigenvalue weighted by Gasteiger charge is 2.30. The molecule has 4 nitrogen and oxygen atoms in total. The molecule has 2 aromatic carbocycles. The molecule has 150 valence electrons. The van der Waals surface area contributed by atoms with Gasteiger partial charge in [-0.1, -0.05) is 25.1 Å². The maximum Gasteiger partial charge on any atom is 0.266 e. The largest absolute Gasteiger partial charge is 0.371 e. The maximum absolute atomic E-state index is 12.7. The minimum atomic E-state index is 0.000186. The van der Waals surface area contributed by atoms with E-state index < -0.39 is 0 Å². The Morgan fingerprint density at radius 1 is 1.10 bits per heavy atom. The Kier molecular flexibility index (Phi) is 5.76. The molecule has 0 bridgehead atoms. The van der Waals surface area contributed by atoms with E-state index in [-0.39, 0.29) is 5.91 Å². The lowest BCUT2D eigenvalue weighted by Gasteiger charge is -2.20. The topological polar surface area (TPSA) is 35.9 Å². The van der Waals surface area contributed by atoms with E-state index in [1.807, 2.05) is 18.2 Å². The molecule has 0 unspecified atom stereocenters. The highest BCUT2D eigenvalue weighted by atomic mass is 32.2. The lowest BCUT2D eigenvalue weighted by molar-refractivity contribution is -0.121. The summed E-state index contributed by atoms with van der Waals surface area (Å²) in [5.41, 5.74) is 5.78. The first-order valence-corrected chi connectivity index (χ1v) is 11.1. The molecule has 0 radical (unpaired) electrons. The van der Waals surface area contributed by atoms with E-state index in [1.165, 1.54) is 41.4 Å². The van der Waals surface area contributed by atoms with Crippen molar-refractivity contribution in [2.24, 2.45) is 4.99 Å². The van der Waals surface area contributed by atoms with Crippen LogP contribution in [0.1, 0.15) is 36.5 Å². The zero-order valence-corrected chi connectivity index (χ0v) is 18.1. The number of amides is 1. The number of likely N-dealkylation sites (N-methyl/N-ethyl adjacent to an activating group) is 1. The Balaban J connectivity index is 1.55. The normalized spacial score (nSPS) is 19.8. The molecule has 2 saturated heterocycles. The van der Waals surface area contributed by atoms with Crippen LogP contribution in [0.4, 0.5) is 11.4 Å². The minimum Gasteiger partial charge on any atom is -0.371 e. The monoisotopic (exact) mass is 405 g/mol. The molecule has 2 heterocycles. The molecular formula is C24H27N3OS. The van der Waals surface area contributed by atoms with Crippen LogP contribution >= 0.6 is 11.8 Å². The number of rotatable bonds is 4. The molecule has 5 heteroatoms. The summed E-state index contributed by atoms with van der Waals surface area (Å²) < 4.78 is 0. The van der Waals surface area contributed by atoms with Crippen molar-refractivity contribution in [1.29, 1.82) is 0 Å². The van der Waals surface area contributed by atoms with E-state index in [0.29, 0.717) is 4.91 Å². The van der Waals surface area contributed by atoms with Crippen LogP contribution in [-0.2, 0) is 11.2 Å². The number of amidine groups is 1. The molecule has 0 saturated carbocycles. The summed E-state index contributed by atoms with van der Waals surface area (Å²) in [7, 11) is 1.79. The summed E-state index contributed by atoms with van der Waals surface area (Å²) >= 11 is 1.44. The number of aryl methyl sites for hydroxylation is 2. The van der Waals surface area contributed by atoms with Crippen molar-refractivity contribution in [1.82, 2.24) is 4.90 Å². The average molecular weight is 406 g/mol. The molecule has 0 spiro atoms. The van der Waals surface area contributed by atoms with Crippen LogP contribution in [0.5, 0.6) is 0 Å². The Hall–Kier alpha value is -2.53. The first-order chi connectivity index (χ1) is 14.0. The Bertz CT molecular complexity index is 972. The third kappa shape index (κ3) is 4.25. The number of carbonyl (C=O) groups is 1. The van der Waals surface area contributed by atoms with Crippen molar-refractivity contribution < 1.29 is 4.79 Å². The van der Waals surface area contributed by atoms with Crippen molar-refractivity contribution in [2.45, 2.75) is 33.1 Å². The third-order valence-corrected chi connectivity index (χ3v) is 6.60. The van der Waals surface area contributed by atoms with E-state index in [1.54, 1.807) is 11.9 Å². The SMILES string of the molecule is CCc1ccc(N=C2S/C(=C/c3ccc(N4CCCC4)c(C)c3)C(=O)N2C)cc1. The van der Waals surface area contributed by atoms with Crippen molar-refractivity contribution >= 4 is 40.3 Å². The number of nitrogens with zero attached hydrogens (tertiary/aromatic N) is 3. The zero-order valence-electron chi connectivity index (χ0n) is 17.3. The maximum atomic E-state index is 12.7. The lowest BCUT2D eigenvalue weighted by Crippen LogP contribution is -2.23. The van der Waals surface area contributed by atoms with Crippen LogP contribution in [-0.4, -0.2) is 36.1 Å². The van der Waals surface area contributed by atoms with Gasteiger partial charge in [-0.2, -0.15) is 0 Å². The molecule has 0 aromatic heterocycles. The third-order valence-electron chi connectivity index (χ3n) is 5.54. The van der Waals surface area contributed by atoms with Gasteiger partial charge in [0.15, 0.2) is 5.17 Å². The van der Waals surface area contributed by atoms with Gasteiger partial charge in [0.25, 0.3) is 5.91 Å². The number of hydrogen-bond donors (Lipinski definition) is 0.